The normalized spacial score (nSPS) is 15.7. The molecule has 1 saturated heterocycles. The van der Waals surface area contributed by atoms with E-state index in [2.05, 4.69) is 16.0 Å². The van der Waals surface area contributed by atoms with E-state index >= 15 is 0 Å². The van der Waals surface area contributed by atoms with Crippen LogP contribution in [-0.4, -0.2) is 38.0 Å². The smallest absolute Gasteiger partial charge is 0.224 e. The Kier molecular flexibility index (Phi) is 5.89. The number of rotatable bonds is 7. The Labute approximate surface area is 129 Å². The molecule has 1 heterocycles. The monoisotopic (exact) mass is 307 g/mol. The highest BCUT2D eigenvalue weighted by atomic mass is 19.1. The van der Waals surface area contributed by atoms with Gasteiger partial charge in [-0.15, -0.1) is 0 Å². The van der Waals surface area contributed by atoms with E-state index in [0.717, 1.165) is 13.1 Å². The van der Waals surface area contributed by atoms with Crippen LogP contribution in [0, 0.1) is 17.7 Å². The van der Waals surface area contributed by atoms with E-state index in [-0.39, 0.29) is 30.0 Å². The molecule has 1 unspecified atom stereocenters. The molecule has 2 amide bonds. The summed E-state index contributed by atoms with van der Waals surface area (Å²) in [6.45, 7) is 4.47. The van der Waals surface area contributed by atoms with Crippen molar-refractivity contribution in [3.63, 3.8) is 0 Å². The predicted molar refractivity (Wildman–Crippen MR) is 81.6 cm³/mol. The maximum Gasteiger partial charge on any atom is 0.224 e. The first-order valence-corrected chi connectivity index (χ1v) is 7.56. The molecule has 0 radical (unpaired) electrons. The van der Waals surface area contributed by atoms with Gasteiger partial charge in [0.25, 0.3) is 0 Å². The molecule has 6 heteroatoms. The van der Waals surface area contributed by atoms with E-state index in [9.17, 15) is 14.0 Å². The molecular formula is C16H22FN3O2. The van der Waals surface area contributed by atoms with Gasteiger partial charge in [-0.1, -0.05) is 19.1 Å². The number of halogens is 1. The van der Waals surface area contributed by atoms with Crippen LogP contribution in [0.1, 0.15) is 12.5 Å². The van der Waals surface area contributed by atoms with E-state index in [1.165, 1.54) is 12.1 Å². The minimum absolute atomic E-state index is 0.00996. The standard InChI is InChI=1S/C16H22FN3O2/c1-11(13-9-18-10-13)16(22)20-6-5-19-15(21)8-12-3-2-4-14(17)7-12/h2-4,7,11,13,18H,5-6,8-10H2,1H3,(H,19,21)(H,20,22). The number of benzene rings is 1. The van der Waals surface area contributed by atoms with Crippen molar-refractivity contribution in [2.45, 2.75) is 13.3 Å². The summed E-state index contributed by atoms with van der Waals surface area (Å²) in [5.74, 6) is -0.120. The molecule has 0 aromatic heterocycles. The molecule has 1 aliphatic heterocycles. The third-order valence-corrected chi connectivity index (χ3v) is 3.93. The number of amides is 2. The zero-order valence-corrected chi connectivity index (χ0v) is 12.7. The van der Waals surface area contributed by atoms with Gasteiger partial charge in [-0.2, -0.15) is 0 Å². The maximum atomic E-state index is 13.0. The third kappa shape index (κ3) is 4.80. The van der Waals surface area contributed by atoms with Crippen molar-refractivity contribution in [1.29, 1.82) is 0 Å². The van der Waals surface area contributed by atoms with Crippen molar-refractivity contribution in [3.05, 3.63) is 35.6 Å². The molecule has 1 atom stereocenters. The molecule has 120 valence electrons. The van der Waals surface area contributed by atoms with Crippen molar-refractivity contribution < 1.29 is 14.0 Å². The van der Waals surface area contributed by atoms with E-state index in [0.29, 0.717) is 24.6 Å². The summed E-state index contributed by atoms with van der Waals surface area (Å²) in [6.07, 6.45) is 0.135. The highest BCUT2D eigenvalue weighted by molar-refractivity contribution is 5.79. The van der Waals surface area contributed by atoms with Crippen LogP contribution >= 0.6 is 0 Å². The first kappa shape index (κ1) is 16.4. The summed E-state index contributed by atoms with van der Waals surface area (Å²) in [6, 6.07) is 5.97. The second-order valence-corrected chi connectivity index (χ2v) is 5.65. The molecule has 2 rings (SSSR count). The van der Waals surface area contributed by atoms with Crippen LogP contribution in [0.2, 0.25) is 0 Å². The average Bonchev–Trinajstić information content (AvgIpc) is 2.41. The van der Waals surface area contributed by atoms with Crippen LogP contribution in [0.5, 0.6) is 0 Å². The lowest BCUT2D eigenvalue weighted by molar-refractivity contribution is -0.127. The highest BCUT2D eigenvalue weighted by Crippen LogP contribution is 2.15. The molecule has 1 aromatic rings. The van der Waals surface area contributed by atoms with Gasteiger partial charge >= 0.3 is 0 Å². The lowest BCUT2D eigenvalue weighted by Gasteiger charge is -2.31. The van der Waals surface area contributed by atoms with Crippen LogP contribution in [-0.2, 0) is 16.0 Å². The fourth-order valence-electron chi connectivity index (χ4n) is 2.32. The van der Waals surface area contributed by atoms with Gasteiger partial charge in [-0.05, 0) is 36.7 Å². The van der Waals surface area contributed by atoms with Crippen LogP contribution < -0.4 is 16.0 Å². The summed E-state index contributed by atoms with van der Waals surface area (Å²) >= 11 is 0. The first-order chi connectivity index (χ1) is 10.6. The van der Waals surface area contributed by atoms with Crippen LogP contribution in [0.15, 0.2) is 24.3 Å². The van der Waals surface area contributed by atoms with Crippen molar-refractivity contribution >= 4 is 11.8 Å². The lowest BCUT2D eigenvalue weighted by atomic mass is 9.88. The molecule has 1 aliphatic rings. The molecule has 0 saturated carbocycles. The van der Waals surface area contributed by atoms with Gasteiger partial charge in [0.15, 0.2) is 0 Å². The van der Waals surface area contributed by atoms with E-state index < -0.39 is 0 Å². The van der Waals surface area contributed by atoms with Gasteiger partial charge in [-0.3, -0.25) is 9.59 Å². The Morgan fingerprint density at radius 2 is 2.05 bits per heavy atom. The second-order valence-electron chi connectivity index (χ2n) is 5.65. The Hall–Kier alpha value is -1.95. The maximum absolute atomic E-state index is 13.0. The van der Waals surface area contributed by atoms with Gasteiger partial charge < -0.3 is 16.0 Å². The molecule has 1 aromatic carbocycles. The lowest BCUT2D eigenvalue weighted by Crippen LogP contribution is -2.50. The molecule has 5 nitrogen and oxygen atoms in total. The van der Waals surface area contributed by atoms with Crippen molar-refractivity contribution in [2.24, 2.45) is 11.8 Å². The summed E-state index contributed by atoms with van der Waals surface area (Å²) in [5, 5.41) is 8.67. The minimum atomic E-state index is -0.350. The number of hydrogen-bond acceptors (Lipinski definition) is 3. The van der Waals surface area contributed by atoms with Crippen LogP contribution in [0.3, 0.4) is 0 Å². The van der Waals surface area contributed by atoms with Crippen LogP contribution in [0.25, 0.3) is 0 Å². The van der Waals surface area contributed by atoms with E-state index in [4.69, 9.17) is 0 Å². The Morgan fingerprint density at radius 1 is 1.32 bits per heavy atom. The van der Waals surface area contributed by atoms with E-state index in [1.807, 2.05) is 6.92 Å². The van der Waals surface area contributed by atoms with Gasteiger partial charge in [0.05, 0.1) is 6.42 Å². The number of hydrogen-bond donors (Lipinski definition) is 3. The highest BCUT2D eigenvalue weighted by Gasteiger charge is 2.28. The fourth-order valence-corrected chi connectivity index (χ4v) is 2.32. The minimum Gasteiger partial charge on any atom is -0.354 e. The SMILES string of the molecule is CC(C(=O)NCCNC(=O)Cc1cccc(F)c1)C1CNC1. The molecule has 0 bridgehead atoms. The second kappa shape index (κ2) is 7.89. The van der Waals surface area contributed by atoms with Gasteiger partial charge in [0, 0.05) is 19.0 Å². The Balaban J connectivity index is 1.61. The van der Waals surface area contributed by atoms with Gasteiger partial charge in [0.1, 0.15) is 5.82 Å². The number of nitrogens with one attached hydrogen (secondary N) is 3. The molecule has 0 spiro atoms. The summed E-state index contributed by atoms with van der Waals surface area (Å²) < 4.78 is 13.0. The molecular weight excluding hydrogens is 285 g/mol. The van der Waals surface area contributed by atoms with Crippen molar-refractivity contribution in [3.8, 4) is 0 Å². The quantitative estimate of drug-likeness (QED) is 0.641. The predicted octanol–water partition coefficient (Wildman–Crippen LogP) is 0.456. The zero-order valence-electron chi connectivity index (χ0n) is 12.7. The fraction of sp³-hybridized carbons (Fsp3) is 0.500. The molecule has 0 aliphatic carbocycles. The molecule has 3 N–H and O–H groups in total. The zero-order chi connectivity index (χ0) is 15.9. The summed E-state index contributed by atoms with van der Waals surface area (Å²) in [5.41, 5.74) is 0.632. The largest absolute Gasteiger partial charge is 0.354 e. The Morgan fingerprint density at radius 3 is 2.68 bits per heavy atom. The van der Waals surface area contributed by atoms with Crippen molar-refractivity contribution in [2.75, 3.05) is 26.2 Å². The van der Waals surface area contributed by atoms with Gasteiger partial charge in [-0.25, -0.2) is 4.39 Å². The number of carbonyl (C=O) groups excluding carboxylic acids is 2. The van der Waals surface area contributed by atoms with E-state index in [1.54, 1.807) is 12.1 Å². The Bertz CT molecular complexity index is 532. The average molecular weight is 307 g/mol. The number of carbonyl (C=O) groups is 2. The van der Waals surface area contributed by atoms with Crippen molar-refractivity contribution in [1.82, 2.24) is 16.0 Å². The van der Waals surface area contributed by atoms with Crippen LogP contribution in [0.4, 0.5) is 4.39 Å². The van der Waals surface area contributed by atoms with Gasteiger partial charge in [0.2, 0.25) is 11.8 Å². The summed E-state index contributed by atoms with van der Waals surface area (Å²) in [7, 11) is 0. The molecule has 22 heavy (non-hydrogen) atoms. The summed E-state index contributed by atoms with van der Waals surface area (Å²) in [4.78, 5) is 23.6. The molecule has 1 fully saturated rings. The topological polar surface area (TPSA) is 70.2 Å². The third-order valence-electron chi connectivity index (χ3n) is 3.93. The first-order valence-electron chi connectivity index (χ1n) is 7.56.